The van der Waals surface area contributed by atoms with Crippen LogP contribution in [0.4, 0.5) is 13.2 Å². The Bertz CT molecular complexity index is 538. The average molecular weight is 289 g/mol. The van der Waals surface area contributed by atoms with Gasteiger partial charge in [0, 0.05) is 22.3 Å². The van der Waals surface area contributed by atoms with Gasteiger partial charge in [0.1, 0.15) is 5.75 Å². The zero-order valence-electron chi connectivity index (χ0n) is 7.86. The SMILES string of the molecule is O=Cc1ccc(OC(F)(F)F)cc1S(=O)(=O)Cl. The molecule has 0 aromatic heterocycles. The van der Waals surface area contributed by atoms with Crippen LogP contribution in [-0.4, -0.2) is 21.1 Å². The van der Waals surface area contributed by atoms with Crippen LogP contribution in [0.15, 0.2) is 23.1 Å². The normalized spacial score (nSPS) is 12.2. The minimum Gasteiger partial charge on any atom is -0.406 e. The van der Waals surface area contributed by atoms with E-state index in [1.165, 1.54) is 0 Å². The van der Waals surface area contributed by atoms with E-state index in [1.807, 2.05) is 0 Å². The molecule has 9 heteroatoms. The number of rotatable bonds is 3. The molecule has 0 N–H and O–H groups in total. The van der Waals surface area contributed by atoms with Crippen molar-refractivity contribution in [1.82, 2.24) is 0 Å². The Morgan fingerprint density at radius 1 is 1.29 bits per heavy atom. The maximum absolute atomic E-state index is 11.9. The zero-order valence-corrected chi connectivity index (χ0v) is 9.43. The van der Waals surface area contributed by atoms with E-state index in [0.29, 0.717) is 6.07 Å². The quantitative estimate of drug-likeness (QED) is 0.632. The van der Waals surface area contributed by atoms with Gasteiger partial charge in [-0.05, 0) is 12.1 Å². The van der Waals surface area contributed by atoms with Gasteiger partial charge in [-0.25, -0.2) is 8.42 Å². The van der Waals surface area contributed by atoms with Gasteiger partial charge in [0.05, 0.1) is 4.90 Å². The molecule has 0 amide bonds. The topological polar surface area (TPSA) is 60.4 Å². The molecule has 0 radical (unpaired) electrons. The fourth-order valence-corrected chi connectivity index (χ4v) is 2.08. The first-order valence-electron chi connectivity index (χ1n) is 3.93. The third kappa shape index (κ3) is 3.90. The fraction of sp³-hybridized carbons (Fsp3) is 0.125. The van der Waals surface area contributed by atoms with Gasteiger partial charge in [0.15, 0.2) is 6.29 Å². The van der Waals surface area contributed by atoms with E-state index in [9.17, 15) is 26.4 Å². The highest BCUT2D eigenvalue weighted by Crippen LogP contribution is 2.28. The number of halogens is 4. The summed E-state index contributed by atoms with van der Waals surface area (Å²) in [6, 6.07) is 2.20. The first-order chi connectivity index (χ1) is 7.63. The van der Waals surface area contributed by atoms with Crippen LogP contribution < -0.4 is 4.74 Å². The summed E-state index contributed by atoms with van der Waals surface area (Å²) in [5, 5.41) is 0. The predicted molar refractivity (Wildman–Crippen MR) is 51.6 cm³/mol. The highest BCUT2D eigenvalue weighted by Gasteiger charge is 2.31. The second-order valence-electron chi connectivity index (χ2n) is 2.80. The molecule has 0 aliphatic rings. The molecule has 17 heavy (non-hydrogen) atoms. The molecule has 0 bridgehead atoms. The van der Waals surface area contributed by atoms with Crippen LogP contribution in [-0.2, 0) is 9.05 Å². The van der Waals surface area contributed by atoms with Gasteiger partial charge in [-0.2, -0.15) is 0 Å². The van der Waals surface area contributed by atoms with E-state index >= 15 is 0 Å². The van der Waals surface area contributed by atoms with Crippen molar-refractivity contribution >= 4 is 26.0 Å². The van der Waals surface area contributed by atoms with Gasteiger partial charge in [-0.15, -0.1) is 13.2 Å². The number of aldehydes is 1. The van der Waals surface area contributed by atoms with Crippen LogP contribution in [0.3, 0.4) is 0 Å². The lowest BCUT2D eigenvalue weighted by atomic mass is 10.2. The van der Waals surface area contributed by atoms with E-state index in [1.54, 1.807) is 0 Å². The third-order valence-corrected chi connectivity index (χ3v) is 2.99. The molecule has 0 saturated heterocycles. The lowest BCUT2D eigenvalue weighted by Crippen LogP contribution is -2.17. The largest absolute Gasteiger partial charge is 0.573 e. The maximum Gasteiger partial charge on any atom is 0.573 e. The number of carbonyl (C=O) groups is 1. The summed E-state index contributed by atoms with van der Waals surface area (Å²) in [6.07, 6.45) is -4.80. The highest BCUT2D eigenvalue weighted by atomic mass is 35.7. The lowest BCUT2D eigenvalue weighted by molar-refractivity contribution is -0.274. The second-order valence-corrected chi connectivity index (χ2v) is 5.34. The highest BCUT2D eigenvalue weighted by molar-refractivity contribution is 8.13. The molecule has 0 fully saturated rings. The number of alkyl halides is 3. The minimum absolute atomic E-state index is 0.159. The van der Waals surface area contributed by atoms with Gasteiger partial charge in [-0.3, -0.25) is 4.79 Å². The van der Waals surface area contributed by atoms with E-state index in [2.05, 4.69) is 4.74 Å². The van der Waals surface area contributed by atoms with Crippen molar-refractivity contribution in [2.75, 3.05) is 0 Å². The Morgan fingerprint density at radius 3 is 2.29 bits per heavy atom. The second kappa shape index (κ2) is 4.53. The molecule has 94 valence electrons. The molecule has 0 aliphatic heterocycles. The summed E-state index contributed by atoms with van der Waals surface area (Å²) >= 11 is 0. The van der Waals surface area contributed by atoms with Crippen LogP contribution in [0.2, 0.25) is 0 Å². The van der Waals surface area contributed by atoms with Crippen LogP contribution in [0.25, 0.3) is 0 Å². The van der Waals surface area contributed by atoms with E-state index in [0.717, 1.165) is 12.1 Å². The van der Waals surface area contributed by atoms with Crippen molar-refractivity contribution in [3.8, 4) is 5.75 Å². The van der Waals surface area contributed by atoms with Gasteiger partial charge < -0.3 is 4.74 Å². The van der Waals surface area contributed by atoms with Crippen molar-refractivity contribution in [3.05, 3.63) is 23.8 Å². The van der Waals surface area contributed by atoms with Crippen molar-refractivity contribution < 1.29 is 31.1 Å². The molecule has 0 saturated carbocycles. The average Bonchev–Trinajstić information content (AvgIpc) is 2.13. The molecule has 0 aliphatic carbocycles. The van der Waals surface area contributed by atoms with E-state index in [-0.39, 0.29) is 11.8 Å². The molecule has 1 aromatic rings. The van der Waals surface area contributed by atoms with Crippen molar-refractivity contribution in [2.24, 2.45) is 0 Å². The molecule has 0 heterocycles. The Labute approximate surface area is 98.4 Å². The first kappa shape index (κ1) is 13.8. The summed E-state index contributed by atoms with van der Waals surface area (Å²) in [5.74, 6) is -0.776. The summed E-state index contributed by atoms with van der Waals surface area (Å²) < 4.78 is 61.1. The molecule has 1 aromatic carbocycles. The van der Waals surface area contributed by atoms with E-state index < -0.39 is 26.1 Å². The third-order valence-electron chi connectivity index (χ3n) is 1.61. The summed E-state index contributed by atoms with van der Waals surface area (Å²) in [4.78, 5) is 9.74. The zero-order chi connectivity index (χ0) is 13.3. The molecule has 0 atom stereocenters. The van der Waals surface area contributed by atoms with Crippen LogP contribution in [0.1, 0.15) is 10.4 Å². The number of carbonyl (C=O) groups excluding carboxylic acids is 1. The van der Waals surface area contributed by atoms with Crippen molar-refractivity contribution in [2.45, 2.75) is 11.3 Å². The Hall–Kier alpha value is -1.28. The first-order valence-corrected chi connectivity index (χ1v) is 6.24. The summed E-state index contributed by atoms with van der Waals surface area (Å²) in [7, 11) is 0.632. The Kier molecular flexibility index (Phi) is 3.68. The number of ether oxygens (including phenoxy) is 1. The maximum atomic E-state index is 11.9. The van der Waals surface area contributed by atoms with Crippen molar-refractivity contribution in [1.29, 1.82) is 0 Å². The fourth-order valence-electron chi connectivity index (χ4n) is 1.02. The standard InChI is InChI=1S/C8H4ClF3O4S/c9-17(14,15)7-3-6(16-8(10,11)12)2-1-5(7)4-13/h1-4H. The minimum atomic E-state index is -4.96. The van der Waals surface area contributed by atoms with Gasteiger partial charge >= 0.3 is 6.36 Å². The molecule has 0 spiro atoms. The van der Waals surface area contributed by atoms with Gasteiger partial charge in [0.25, 0.3) is 9.05 Å². The smallest absolute Gasteiger partial charge is 0.406 e. The molecular weight excluding hydrogens is 285 g/mol. The molecule has 1 rings (SSSR count). The van der Waals surface area contributed by atoms with Gasteiger partial charge in [-0.1, -0.05) is 0 Å². The van der Waals surface area contributed by atoms with Crippen LogP contribution >= 0.6 is 10.7 Å². The van der Waals surface area contributed by atoms with Gasteiger partial charge in [0.2, 0.25) is 0 Å². The predicted octanol–water partition coefficient (Wildman–Crippen LogP) is 2.33. The van der Waals surface area contributed by atoms with Crippen LogP contribution in [0, 0.1) is 0 Å². The van der Waals surface area contributed by atoms with Crippen LogP contribution in [0.5, 0.6) is 5.75 Å². The lowest BCUT2D eigenvalue weighted by Gasteiger charge is -2.10. The summed E-state index contributed by atoms with van der Waals surface area (Å²) in [5.41, 5.74) is -0.352. The number of benzene rings is 1. The molecule has 0 unspecified atom stereocenters. The number of hydrogen-bond acceptors (Lipinski definition) is 4. The number of hydrogen-bond donors (Lipinski definition) is 0. The Morgan fingerprint density at radius 2 is 1.88 bits per heavy atom. The summed E-state index contributed by atoms with van der Waals surface area (Å²) in [6.45, 7) is 0. The van der Waals surface area contributed by atoms with E-state index in [4.69, 9.17) is 10.7 Å². The molecular formula is C8H4ClF3O4S. The van der Waals surface area contributed by atoms with Crippen molar-refractivity contribution in [3.63, 3.8) is 0 Å². The monoisotopic (exact) mass is 288 g/mol. The Balaban J connectivity index is 3.28. The molecule has 4 nitrogen and oxygen atoms in total.